The molecule has 0 aromatic carbocycles. The minimum Gasteiger partial charge on any atom is -0.355 e. The molecule has 4 nitrogen and oxygen atoms in total. The van der Waals surface area contributed by atoms with Gasteiger partial charge in [0.15, 0.2) is 0 Å². The van der Waals surface area contributed by atoms with Gasteiger partial charge in [-0.05, 0) is 20.3 Å². The third-order valence-electron chi connectivity index (χ3n) is 2.07. The summed E-state index contributed by atoms with van der Waals surface area (Å²) in [5.74, 6) is 0. The summed E-state index contributed by atoms with van der Waals surface area (Å²) in [5.41, 5.74) is 0. The standard InChI is InChI=1S/C5H10O2.C4H8O2.2C2H6/c1-4-5(2)7-3-6-4;1-2-5-4-6-3-1;2*1-2/h4-5H,3H2,1-2H3;1-4H2;2*1-2H3. The van der Waals surface area contributed by atoms with Crippen LogP contribution in [0.2, 0.25) is 0 Å². The molecule has 0 aliphatic carbocycles. The second-order valence-corrected chi connectivity index (χ2v) is 3.15. The first-order valence-corrected chi connectivity index (χ1v) is 6.69. The SMILES string of the molecule is C1COCOC1.CC.CC.CC1OCOC1C. The van der Waals surface area contributed by atoms with Crippen molar-refractivity contribution in [3.05, 3.63) is 0 Å². The number of ether oxygens (including phenoxy) is 4. The Labute approximate surface area is 107 Å². The van der Waals surface area contributed by atoms with E-state index in [0.717, 1.165) is 19.6 Å². The molecule has 0 aromatic rings. The van der Waals surface area contributed by atoms with Gasteiger partial charge >= 0.3 is 0 Å². The van der Waals surface area contributed by atoms with Gasteiger partial charge in [0.2, 0.25) is 0 Å². The van der Waals surface area contributed by atoms with Gasteiger partial charge in [-0.25, -0.2) is 0 Å². The fourth-order valence-corrected chi connectivity index (χ4v) is 0.965. The molecule has 2 fully saturated rings. The van der Waals surface area contributed by atoms with E-state index in [0.29, 0.717) is 25.8 Å². The fourth-order valence-electron chi connectivity index (χ4n) is 0.965. The molecule has 2 atom stereocenters. The molecule has 2 aliphatic heterocycles. The summed E-state index contributed by atoms with van der Waals surface area (Å²) in [4.78, 5) is 0. The van der Waals surface area contributed by atoms with Crippen LogP contribution in [-0.4, -0.2) is 39.0 Å². The summed E-state index contributed by atoms with van der Waals surface area (Å²) in [5, 5.41) is 0. The van der Waals surface area contributed by atoms with Crippen molar-refractivity contribution >= 4 is 0 Å². The van der Waals surface area contributed by atoms with Crippen LogP contribution in [0.25, 0.3) is 0 Å². The average molecular weight is 250 g/mol. The van der Waals surface area contributed by atoms with E-state index in [4.69, 9.17) is 18.9 Å². The van der Waals surface area contributed by atoms with Crippen LogP contribution in [0.4, 0.5) is 0 Å². The summed E-state index contributed by atoms with van der Waals surface area (Å²) in [6, 6.07) is 0. The highest BCUT2D eigenvalue weighted by molar-refractivity contribution is 4.62. The first-order chi connectivity index (χ1) is 8.30. The molecule has 106 valence electrons. The van der Waals surface area contributed by atoms with Gasteiger partial charge in [0.1, 0.15) is 13.6 Å². The third kappa shape index (κ3) is 12.1. The number of rotatable bonds is 0. The lowest BCUT2D eigenvalue weighted by atomic mass is 10.3. The van der Waals surface area contributed by atoms with Gasteiger partial charge in [0.05, 0.1) is 25.4 Å². The van der Waals surface area contributed by atoms with Gasteiger partial charge in [0, 0.05) is 0 Å². The molecule has 4 heteroatoms. The highest BCUT2D eigenvalue weighted by Gasteiger charge is 2.18. The maximum Gasteiger partial charge on any atom is 0.147 e. The van der Waals surface area contributed by atoms with E-state index < -0.39 is 0 Å². The van der Waals surface area contributed by atoms with Crippen molar-refractivity contribution in [3.8, 4) is 0 Å². The highest BCUT2D eigenvalue weighted by atomic mass is 16.7. The molecule has 0 saturated carbocycles. The monoisotopic (exact) mass is 250 g/mol. The molecule has 2 saturated heterocycles. The Kier molecular flexibility index (Phi) is 17.9. The van der Waals surface area contributed by atoms with Crippen LogP contribution in [0, 0.1) is 0 Å². The van der Waals surface area contributed by atoms with E-state index in [1.165, 1.54) is 0 Å². The molecule has 2 rings (SSSR count). The minimum absolute atomic E-state index is 0.292. The van der Waals surface area contributed by atoms with E-state index >= 15 is 0 Å². The van der Waals surface area contributed by atoms with E-state index in [1.54, 1.807) is 0 Å². The summed E-state index contributed by atoms with van der Waals surface area (Å²) in [6.45, 7) is 14.7. The van der Waals surface area contributed by atoms with Crippen LogP contribution in [0.1, 0.15) is 48.0 Å². The molecule has 0 aromatic heterocycles. The number of hydrogen-bond acceptors (Lipinski definition) is 4. The van der Waals surface area contributed by atoms with Gasteiger partial charge in [0.25, 0.3) is 0 Å². The van der Waals surface area contributed by atoms with Gasteiger partial charge in [-0.15, -0.1) is 0 Å². The molecule has 2 unspecified atom stereocenters. The highest BCUT2D eigenvalue weighted by Crippen LogP contribution is 2.09. The van der Waals surface area contributed by atoms with Crippen molar-refractivity contribution in [2.24, 2.45) is 0 Å². The summed E-state index contributed by atoms with van der Waals surface area (Å²) >= 11 is 0. The molecule has 0 N–H and O–H groups in total. The van der Waals surface area contributed by atoms with Crippen molar-refractivity contribution in [1.29, 1.82) is 0 Å². The average Bonchev–Trinajstić information content (AvgIpc) is 2.81. The third-order valence-corrected chi connectivity index (χ3v) is 2.07. The van der Waals surface area contributed by atoms with E-state index in [9.17, 15) is 0 Å². The Hall–Kier alpha value is -0.160. The quantitative estimate of drug-likeness (QED) is 0.661. The van der Waals surface area contributed by atoms with Gasteiger partial charge in [-0.2, -0.15) is 0 Å². The van der Waals surface area contributed by atoms with Crippen molar-refractivity contribution in [2.75, 3.05) is 26.8 Å². The van der Waals surface area contributed by atoms with Crippen LogP contribution in [0.3, 0.4) is 0 Å². The summed E-state index contributed by atoms with van der Waals surface area (Å²) in [7, 11) is 0. The van der Waals surface area contributed by atoms with Crippen molar-refractivity contribution in [2.45, 2.75) is 60.2 Å². The van der Waals surface area contributed by atoms with Gasteiger partial charge in [-0.1, -0.05) is 27.7 Å². The Morgan fingerprint density at radius 2 is 1.12 bits per heavy atom. The predicted molar refractivity (Wildman–Crippen MR) is 70.0 cm³/mol. The topological polar surface area (TPSA) is 36.9 Å². The molecule has 0 radical (unpaired) electrons. The largest absolute Gasteiger partial charge is 0.355 e. The maximum atomic E-state index is 5.04. The van der Waals surface area contributed by atoms with Crippen molar-refractivity contribution in [3.63, 3.8) is 0 Å². The molecule has 2 heterocycles. The normalized spacial score (nSPS) is 26.5. The first-order valence-electron chi connectivity index (χ1n) is 6.69. The van der Waals surface area contributed by atoms with Crippen LogP contribution in [0.5, 0.6) is 0 Å². The van der Waals surface area contributed by atoms with Crippen molar-refractivity contribution < 1.29 is 18.9 Å². The lowest BCUT2D eigenvalue weighted by Gasteiger charge is -2.09. The van der Waals surface area contributed by atoms with Crippen LogP contribution in [-0.2, 0) is 18.9 Å². The molecular weight excluding hydrogens is 220 g/mol. The van der Waals surface area contributed by atoms with E-state index in [1.807, 2.05) is 41.5 Å². The second kappa shape index (κ2) is 15.8. The van der Waals surface area contributed by atoms with Crippen molar-refractivity contribution in [1.82, 2.24) is 0 Å². The molecule has 17 heavy (non-hydrogen) atoms. The fraction of sp³-hybridized carbons (Fsp3) is 1.00. The Balaban J connectivity index is 0. The Bertz CT molecular complexity index is 107. The Morgan fingerprint density at radius 1 is 0.706 bits per heavy atom. The zero-order valence-electron chi connectivity index (χ0n) is 12.3. The minimum atomic E-state index is 0.292. The Morgan fingerprint density at radius 3 is 1.24 bits per heavy atom. The molecular formula is C13H30O4. The maximum absolute atomic E-state index is 5.04. The molecule has 0 amide bonds. The van der Waals surface area contributed by atoms with E-state index in [-0.39, 0.29) is 0 Å². The smallest absolute Gasteiger partial charge is 0.147 e. The second-order valence-electron chi connectivity index (χ2n) is 3.15. The van der Waals surface area contributed by atoms with E-state index in [2.05, 4.69) is 0 Å². The lowest BCUT2D eigenvalue weighted by molar-refractivity contribution is -0.0963. The molecule has 0 bridgehead atoms. The molecule has 2 aliphatic rings. The van der Waals surface area contributed by atoms with Gasteiger partial charge in [-0.3, -0.25) is 0 Å². The van der Waals surface area contributed by atoms with Crippen LogP contribution >= 0.6 is 0 Å². The molecule has 0 spiro atoms. The summed E-state index contributed by atoms with van der Waals surface area (Å²) < 4.78 is 19.8. The zero-order chi connectivity index (χ0) is 13.5. The number of hydrogen-bond donors (Lipinski definition) is 0. The lowest BCUT2D eigenvalue weighted by Crippen LogP contribution is -2.13. The van der Waals surface area contributed by atoms with Gasteiger partial charge < -0.3 is 18.9 Å². The summed E-state index contributed by atoms with van der Waals surface area (Å²) in [6.07, 6.45) is 1.64. The predicted octanol–water partition coefficient (Wildman–Crippen LogP) is 3.20. The van der Waals surface area contributed by atoms with Crippen LogP contribution in [0.15, 0.2) is 0 Å². The first kappa shape index (κ1) is 19.2. The zero-order valence-corrected chi connectivity index (χ0v) is 12.3. The van der Waals surface area contributed by atoms with Crippen LogP contribution < -0.4 is 0 Å².